The van der Waals surface area contributed by atoms with Gasteiger partial charge in [0.15, 0.2) is 0 Å². The molecule has 1 fully saturated rings. The Kier molecular flexibility index (Phi) is 5.41. The first-order valence-corrected chi connectivity index (χ1v) is 9.71. The van der Waals surface area contributed by atoms with Gasteiger partial charge >= 0.3 is 6.09 Å². The summed E-state index contributed by atoms with van der Waals surface area (Å²) < 4.78 is 7.08. The molecular weight excluding hydrogens is 370 g/mol. The van der Waals surface area contributed by atoms with Crippen LogP contribution in [-0.4, -0.2) is 57.7 Å². The highest BCUT2D eigenvalue weighted by atomic mass is 16.5. The number of piperidine rings is 1. The quantitative estimate of drug-likeness (QED) is 0.736. The Bertz CT molecular complexity index is 1010. The molecule has 1 aliphatic rings. The van der Waals surface area contributed by atoms with E-state index in [0.717, 1.165) is 30.3 Å². The molecule has 3 heterocycles. The molecule has 150 valence electrons. The van der Waals surface area contributed by atoms with Gasteiger partial charge in [0.25, 0.3) is 5.91 Å². The number of para-hydroxylation sites is 2. The van der Waals surface area contributed by atoms with Gasteiger partial charge in [-0.1, -0.05) is 12.1 Å². The van der Waals surface area contributed by atoms with Crippen molar-refractivity contribution in [1.29, 1.82) is 0 Å². The lowest BCUT2D eigenvalue weighted by Gasteiger charge is -2.35. The summed E-state index contributed by atoms with van der Waals surface area (Å²) in [6.45, 7) is 0.840. The molecule has 8 heteroatoms. The molecule has 2 aromatic heterocycles. The number of carbonyl (C=O) groups is 2. The number of benzene rings is 1. The van der Waals surface area contributed by atoms with Gasteiger partial charge in [-0.2, -0.15) is 0 Å². The second-order valence-electron chi connectivity index (χ2n) is 7.00. The second-order valence-corrected chi connectivity index (χ2v) is 7.00. The molecule has 0 radical (unpaired) electrons. The molecule has 1 aliphatic heterocycles. The van der Waals surface area contributed by atoms with E-state index in [1.807, 2.05) is 34.9 Å². The number of hydrogen-bond donors (Lipinski definition) is 1. The van der Waals surface area contributed by atoms with Gasteiger partial charge in [0.2, 0.25) is 0 Å². The lowest BCUT2D eigenvalue weighted by Crippen LogP contribution is -2.46. The van der Waals surface area contributed by atoms with E-state index in [1.54, 1.807) is 23.5 Å². The number of rotatable bonds is 4. The summed E-state index contributed by atoms with van der Waals surface area (Å²) in [5, 5.41) is 2.43. The van der Waals surface area contributed by atoms with E-state index in [1.165, 1.54) is 7.05 Å². The minimum Gasteiger partial charge on any atom is -0.447 e. The number of alkyl carbamates (subject to hydrolysis) is 1. The summed E-state index contributed by atoms with van der Waals surface area (Å²) in [7, 11) is 1.52. The first-order valence-electron chi connectivity index (χ1n) is 9.71. The van der Waals surface area contributed by atoms with Crippen LogP contribution in [0, 0.1) is 0 Å². The van der Waals surface area contributed by atoms with Crippen LogP contribution >= 0.6 is 0 Å². The SMILES string of the molecule is CNC(=O)OCC1CCCCN1C(=O)c1ccc(-n2cnc3ccccc32)nc1. The van der Waals surface area contributed by atoms with E-state index >= 15 is 0 Å². The van der Waals surface area contributed by atoms with Crippen LogP contribution in [0.3, 0.4) is 0 Å². The highest BCUT2D eigenvalue weighted by Gasteiger charge is 2.28. The summed E-state index contributed by atoms with van der Waals surface area (Å²) in [6, 6.07) is 11.3. The van der Waals surface area contributed by atoms with E-state index in [0.29, 0.717) is 17.9 Å². The summed E-state index contributed by atoms with van der Waals surface area (Å²) in [5.74, 6) is 0.609. The number of carbonyl (C=O) groups excluding carboxylic acids is 2. The number of nitrogens with zero attached hydrogens (tertiary/aromatic N) is 4. The van der Waals surface area contributed by atoms with Crippen LogP contribution in [0.5, 0.6) is 0 Å². The van der Waals surface area contributed by atoms with Crippen molar-refractivity contribution in [3.8, 4) is 5.82 Å². The average Bonchev–Trinajstić information content (AvgIpc) is 3.21. The Labute approximate surface area is 168 Å². The molecule has 0 spiro atoms. The van der Waals surface area contributed by atoms with Gasteiger partial charge in [-0.15, -0.1) is 0 Å². The highest BCUT2D eigenvalue weighted by molar-refractivity contribution is 5.94. The molecule has 8 nitrogen and oxygen atoms in total. The number of amides is 2. The van der Waals surface area contributed by atoms with Crippen LogP contribution in [-0.2, 0) is 4.74 Å². The van der Waals surface area contributed by atoms with Crippen molar-refractivity contribution in [2.45, 2.75) is 25.3 Å². The smallest absolute Gasteiger partial charge is 0.406 e. The fraction of sp³-hybridized carbons (Fsp3) is 0.333. The lowest BCUT2D eigenvalue weighted by atomic mass is 10.0. The minimum absolute atomic E-state index is 0.0928. The van der Waals surface area contributed by atoms with Crippen molar-refractivity contribution >= 4 is 23.0 Å². The van der Waals surface area contributed by atoms with E-state index in [-0.39, 0.29) is 18.6 Å². The van der Waals surface area contributed by atoms with Crippen molar-refractivity contribution in [3.63, 3.8) is 0 Å². The number of ether oxygens (including phenoxy) is 1. The number of pyridine rings is 1. The monoisotopic (exact) mass is 393 g/mol. The maximum atomic E-state index is 13.0. The summed E-state index contributed by atoms with van der Waals surface area (Å²) in [6.07, 6.45) is 5.60. The zero-order chi connectivity index (χ0) is 20.2. The third-order valence-corrected chi connectivity index (χ3v) is 5.19. The van der Waals surface area contributed by atoms with Crippen molar-refractivity contribution < 1.29 is 14.3 Å². The van der Waals surface area contributed by atoms with Gasteiger partial charge < -0.3 is 15.0 Å². The Morgan fingerprint density at radius 3 is 2.83 bits per heavy atom. The molecule has 0 bridgehead atoms. The maximum Gasteiger partial charge on any atom is 0.406 e. The fourth-order valence-corrected chi connectivity index (χ4v) is 3.65. The maximum absolute atomic E-state index is 13.0. The van der Waals surface area contributed by atoms with Gasteiger partial charge in [-0.05, 0) is 43.5 Å². The summed E-state index contributed by atoms with van der Waals surface area (Å²) in [4.78, 5) is 35.1. The predicted molar refractivity (Wildman–Crippen MR) is 108 cm³/mol. The molecule has 0 aliphatic carbocycles. The number of imidazole rings is 1. The molecule has 1 unspecified atom stereocenters. The fourth-order valence-electron chi connectivity index (χ4n) is 3.65. The largest absolute Gasteiger partial charge is 0.447 e. The van der Waals surface area contributed by atoms with Gasteiger partial charge in [0, 0.05) is 19.8 Å². The molecule has 1 aromatic carbocycles. The van der Waals surface area contributed by atoms with E-state index in [9.17, 15) is 9.59 Å². The number of fused-ring (bicyclic) bond motifs is 1. The van der Waals surface area contributed by atoms with Crippen molar-refractivity contribution in [2.75, 3.05) is 20.2 Å². The lowest BCUT2D eigenvalue weighted by molar-refractivity contribution is 0.0451. The molecule has 2 amide bonds. The van der Waals surface area contributed by atoms with Crippen LogP contribution in [0.4, 0.5) is 4.79 Å². The average molecular weight is 393 g/mol. The molecule has 1 N–H and O–H groups in total. The first-order chi connectivity index (χ1) is 14.2. The van der Waals surface area contributed by atoms with Gasteiger partial charge in [0.1, 0.15) is 18.8 Å². The Morgan fingerprint density at radius 2 is 2.03 bits per heavy atom. The molecule has 4 rings (SSSR count). The van der Waals surface area contributed by atoms with Crippen molar-refractivity contribution in [1.82, 2.24) is 24.8 Å². The summed E-state index contributed by atoms with van der Waals surface area (Å²) in [5.41, 5.74) is 2.37. The van der Waals surface area contributed by atoms with E-state index in [2.05, 4.69) is 15.3 Å². The van der Waals surface area contributed by atoms with E-state index < -0.39 is 6.09 Å². The molecular formula is C21H23N5O3. The Hall–Kier alpha value is -3.42. The Balaban J connectivity index is 1.51. The van der Waals surface area contributed by atoms with Crippen LogP contribution in [0.25, 0.3) is 16.9 Å². The van der Waals surface area contributed by atoms with Crippen molar-refractivity contribution in [2.24, 2.45) is 0 Å². The zero-order valence-corrected chi connectivity index (χ0v) is 16.2. The van der Waals surface area contributed by atoms with Crippen LogP contribution in [0.2, 0.25) is 0 Å². The molecule has 1 saturated heterocycles. The minimum atomic E-state index is -0.485. The molecule has 0 saturated carbocycles. The number of aromatic nitrogens is 3. The van der Waals surface area contributed by atoms with Crippen LogP contribution in [0.15, 0.2) is 48.9 Å². The first kappa shape index (κ1) is 18.9. The second kappa shape index (κ2) is 8.30. The van der Waals surface area contributed by atoms with Gasteiger partial charge in [-0.3, -0.25) is 9.36 Å². The normalized spacial score (nSPS) is 16.6. The number of hydrogen-bond acceptors (Lipinski definition) is 5. The summed E-state index contributed by atoms with van der Waals surface area (Å²) >= 11 is 0. The standard InChI is InChI=1S/C21H23N5O3/c1-22-21(28)29-13-16-6-4-5-11-25(16)20(27)15-9-10-19(23-12-15)26-14-24-17-7-2-3-8-18(17)26/h2-3,7-10,12,14,16H,4-6,11,13H2,1H3,(H,22,28). The topological polar surface area (TPSA) is 89.4 Å². The van der Waals surface area contributed by atoms with Crippen LogP contribution < -0.4 is 5.32 Å². The van der Waals surface area contributed by atoms with Gasteiger partial charge in [0.05, 0.1) is 22.6 Å². The highest BCUT2D eigenvalue weighted by Crippen LogP contribution is 2.21. The molecule has 1 atom stereocenters. The predicted octanol–water partition coefficient (Wildman–Crippen LogP) is 2.77. The Morgan fingerprint density at radius 1 is 1.17 bits per heavy atom. The third-order valence-electron chi connectivity index (χ3n) is 5.19. The van der Waals surface area contributed by atoms with Crippen LogP contribution in [0.1, 0.15) is 29.6 Å². The third kappa shape index (κ3) is 3.91. The number of nitrogens with one attached hydrogen (secondary N) is 1. The molecule has 3 aromatic rings. The van der Waals surface area contributed by atoms with Gasteiger partial charge in [-0.25, -0.2) is 14.8 Å². The zero-order valence-electron chi connectivity index (χ0n) is 16.2. The number of likely N-dealkylation sites (tertiary alicyclic amines) is 1. The van der Waals surface area contributed by atoms with E-state index in [4.69, 9.17) is 4.74 Å². The molecule has 29 heavy (non-hydrogen) atoms. The van der Waals surface area contributed by atoms with Crippen molar-refractivity contribution in [3.05, 3.63) is 54.5 Å².